The van der Waals surface area contributed by atoms with Crippen LogP contribution in [0.4, 0.5) is 17.1 Å². The van der Waals surface area contributed by atoms with Crippen LogP contribution in [0, 0.1) is 0 Å². The molecule has 2 heteroatoms. The number of hydrogen-bond donors (Lipinski definition) is 0. The van der Waals surface area contributed by atoms with E-state index in [-0.39, 0.29) is 0 Å². The van der Waals surface area contributed by atoms with E-state index in [0.717, 1.165) is 44.6 Å². The summed E-state index contributed by atoms with van der Waals surface area (Å²) in [4.78, 5) is 2.36. The van der Waals surface area contributed by atoms with Crippen LogP contribution in [0.25, 0.3) is 77.6 Å². The van der Waals surface area contributed by atoms with Crippen molar-refractivity contribution in [2.75, 3.05) is 4.90 Å². The van der Waals surface area contributed by atoms with Crippen molar-refractivity contribution in [2.24, 2.45) is 0 Å². The number of furan rings is 1. The molecule has 10 aromatic rings. The molecule has 0 atom stereocenters. The van der Waals surface area contributed by atoms with Crippen LogP contribution in [-0.2, 0) is 0 Å². The second kappa shape index (κ2) is 14.4. The Kier molecular flexibility index (Phi) is 8.55. The van der Waals surface area contributed by atoms with Crippen molar-refractivity contribution in [3.63, 3.8) is 0 Å². The van der Waals surface area contributed by atoms with Gasteiger partial charge in [-0.05, 0) is 98.1 Å². The molecule has 0 aliphatic carbocycles. The zero-order valence-corrected chi connectivity index (χ0v) is 30.7. The lowest BCUT2D eigenvalue weighted by Gasteiger charge is -2.27. The molecule has 2 nitrogen and oxygen atoms in total. The summed E-state index contributed by atoms with van der Waals surface area (Å²) in [6.07, 6.45) is 0. The van der Waals surface area contributed by atoms with E-state index in [2.05, 4.69) is 217 Å². The highest BCUT2D eigenvalue weighted by molar-refractivity contribution is 6.13. The van der Waals surface area contributed by atoms with Gasteiger partial charge in [0, 0.05) is 16.8 Å². The van der Waals surface area contributed by atoms with Crippen molar-refractivity contribution >= 4 is 39.0 Å². The number of anilines is 3. The van der Waals surface area contributed by atoms with Crippen LogP contribution < -0.4 is 4.90 Å². The quantitative estimate of drug-likeness (QED) is 0.156. The molecule has 1 aromatic heterocycles. The number of para-hydroxylation sites is 1. The van der Waals surface area contributed by atoms with Gasteiger partial charge in [0.1, 0.15) is 11.2 Å². The van der Waals surface area contributed by atoms with Crippen molar-refractivity contribution in [2.45, 2.75) is 0 Å². The summed E-state index contributed by atoms with van der Waals surface area (Å²) in [5.41, 5.74) is 16.9. The van der Waals surface area contributed by atoms with Gasteiger partial charge in [-0.1, -0.05) is 182 Å². The maximum atomic E-state index is 6.39. The third-order valence-electron chi connectivity index (χ3n) is 10.7. The molecule has 1 heterocycles. The fourth-order valence-corrected chi connectivity index (χ4v) is 8.11. The molecular weight excluding hydrogens is 679 g/mol. The van der Waals surface area contributed by atoms with Crippen LogP contribution in [0.5, 0.6) is 0 Å². The Hall–Kier alpha value is -7.42. The van der Waals surface area contributed by atoms with Crippen LogP contribution in [0.3, 0.4) is 0 Å². The number of hydrogen-bond acceptors (Lipinski definition) is 2. The number of nitrogens with zero attached hydrogens (tertiary/aromatic N) is 1. The molecule has 56 heavy (non-hydrogen) atoms. The average molecular weight is 716 g/mol. The standard InChI is InChI=1S/C54H37NO/c1-3-16-38(17-4-1)44-20-7-8-21-45(44)40-30-34-42(35-31-40)55(51-27-15-29-53-54(51)50-26-13-14-28-52(50)56-53)43-36-32-41(33-37-43)47-23-10-12-25-49(47)48-24-11-9-22-46(48)39-18-5-2-6-19-39/h1-37H. The Labute approximate surface area is 327 Å². The van der Waals surface area contributed by atoms with Gasteiger partial charge in [0.05, 0.1) is 11.1 Å². The maximum absolute atomic E-state index is 6.39. The first-order chi connectivity index (χ1) is 27.8. The Morgan fingerprint density at radius 2 is 0.643 bits per heavy atom. The molecule has 0 fully saturated rings. The van der Waals surface area contributed by atoms with Gasteiger partial charge in [0.25, 0.3) is 0 Å². The van der Waals surface area contributed by atoms with Crippen molar-refractivity contribution in [1.82, 2.24) is 0 Å². The van der Waals surface area contributed by atoms with E-state index in [0.29, 0.717) is 0 Å². The SMILES string of the molecule is c1ccc(-c2ccccc2-c2ccc(N(c3ccc(-c4ccccc4-c4ccccc4-c4ccccc4)cc3)c3cccc4oc5ccccc5c34)cc2)cc1. The third kappa shape index (κ3) is 6.04. The summed E-state index contributed by atoms with van der Waals surface area (Å²) in [6.45, 7) is 0. The first kappa shape index (κ1) is 33.2. The molecular formula is C54H37NO. The molecule has 0 amide bonds. The molecule has 0 saturated heterocycles. The molecule has 0 radical (unpaired) electrons. The molecule has 10 rings (SSSR count). The second-order valence-corrected chi connectivity index (χ2v) is 14.0. The summed E-state index contributed by atoms with van der Waals surface area (Å²) in [7, 11) is 0. The first-order valence-corrected chi connectivity index (χ1v) is 19.1. The van der Waals surface area contributed by atoms with Gasteiger partial charge >= 0.3 is 0 Å². The zero-order valence-electron chi connectivity index (χ0n) is 30.7. The Morgan fingerprint density at radius 1 is 0.268 bits per heavy atom. The van der Waals surface area contributed by atoms with Gasteiger partial charge in [-0.3, -0.25) is 0 Å². The lowest BCUT2D eigenvalue weighted by atomic mass is 9.89. The molecule has 9 aromatic carbocycles. The molecule has 0 bridgehead atoms. The summed E-state index contributed by atoms with van der Waals surface area (Å²) < 4.78 is 6.39. The van der Waals surface area contributed by atoms with Gasteiger partial charge in [0.15, 0.2) is 0 Å². The van der Waals surface area contributed by atoms with Gasteiger partial charge < -0.3 is 9.32 Å². The van der Waals surface area contributed by atoms with Crippen LogP contribution >= 0.6 is 0 Å². The normalized spacial score (nSPS) is 11.2. The highest BCUT2D eigenvalue weighted by Gasteiger charge is 2.20. The zero-order chi connectivity index (χ0) is 37.3. The highest BCUT2D eigenvalue weighted by Crippen LogP contribution is 2.45. The second-order valence-electron chi connectivity index (χ2n) is 14.0. The van der Waals surface area contributed by atoms with Crippen LogP contribution in [0.15, 0.2) is 229 Å². The predicted molar refractivity (Wildman–Crippen MR) is 236 cm³/mol. The molecule has 0 unspecified atom stereocenters. The summed E-state index contributed by atoms with van der Waals surface area (Å²) >= 11 is 0. The number of rotatable bonds is 8. The monoisotopic (exact) mass is 715 g/mol. The third-order valence-corrected chi connectivity index (χ3v) is 10.7. The van der Waals surface area contributed by atoms with E-state index >= 15 is 0 Å². The Morgan fingerprint density at radius 3 is 1.14 bits per heavy atom. The van der Waals surface area contributed by atoms with Crippen LogP contribution in [-0.4, -0.2) is 0 Å². The van der Waals surface area contributed by atoms with E-state index in [1.54, 1.807) is 0 Å². The number of fused-ring (bicyclic) bond motifs is 3. The van der Waals surface area contributed by atoms with E-state index < -0.39 is 0 Å². The van der Waals surface area contributed by atoms with Crippen LogP contribution in [0.2, 0.25) is 0 Å². The molecule has 0 aliphatic rings. The lowest BCUT2D eigenvalue weighted by molar-refractivity contribution is 0.669. The fourth-order valence-electron chi connectivity index (χ4n) is 8.11. The van der Waals surface area contributed by atoms with E-state index in [9.17, 15) is 0 Å². The Bertz CT molecular complexity index is 2940. The number of benzene rings is 9. The lowest BCUT2D eigenvalue weighted by Crippen LogP contribution is -2.10. The maximum Gasteiger partial charge on any atom is 0.137 e. The minimum Gasteiger partial charge on any atom is -0.456 e. The highest BCUT2D eigenvalue weighted by atomic mass is 16.3. The minimum absolute atomic E-state index is 0.865. The summed E-state index contributed by atoms with van der Waals surface area (Å²) in [5.74, 6) is 0. The van der Waals surface area contributed by atoms with E-state index in [1.165, 1.54) is 50.1 Å². The van der Waals surface area contributed by atoms with Crippen molar-refractivity contribution < 1.29 is 4.42 Å². The minimum atomic E-state index is 0.865. The van der Waals surface area contributed by atoms with Crippen molar-refractivity contribution in [3.05, 3.63) is 224 Å². The summed E-state index contributed by atoms with van der Waals surface area (Å²) in [6, 6.07) is 80.0. The van der Waals surface area contributed by atoms with Gasteiger partial charge in [-0.25, -0.2) is 0 Å². The predicted octanol–water partition coefficient (Wildman–Crippen LogP) is 15.4. The van der Waals surface area contributed by atoms with Crippen molar-refractivity contribution in [1.29, 1.82) is 0 Å². The van der Waals surface area contributed by atoms with E-state index in [1.807, 2.05) is 12.1 Å². The average Bonchev–Trinajstić information content (AvgIpc) is 3.67. The Balaban J connectivity index is 1.09. The van der Waals surface area contributed by atoms with Crippen LogP contribution in [0.1, 0.15) is 0 Å². The van der Waals surface area contributed by atoms with Gasteiger partial charge in [-0.15, -0.1) is 0 Å². The van der Waals surface area contributed by atoms with Gasteiger partial charge in [0.2, 0.25) is 0 Å². The first-order valence-electron chi connectivity index (χ1n) is 19.1. The van der Waals surface area contributed by atoms with E-state index in [4.69, 9.17) is 4.42 Å². The molecule has 0 N–H and O–H groups in total. The molecule has 0 spiro atoms. The topological polar surface area (TPSA) is 16.4 Å². The molecule has 0 aliphatic heterocycles. The van der Waals surface area contributed by atoms with Crippen molar-refractivity contribution in [3.8, 4) is 55.6 Å². The molecule has 0 saturated carbocycles. The fraction of sp³-hybridized carbons (Fsp3) is 0. The smallest absolute Gasteiger partial charge is 0.137 e. The largest absolute Gasteiger partial charge is 0.456 e. The molecule has 264 valence electrons. The van der Waals surface area contributed by atoms with Gasteiger partial charge in [-0.2, -0.15) is 0 Å². The summed E-state index contributed by atoms with van der Waals surface area (Å²) in [5, 5.41) is 2.19.